The van der Waals surface area contributed by atoms with Crippen LogP contribution in [0.1, 0.15) is 18.1 Å². The Labute approximate surface area is 154 Å². The van der Waals surface area contributed by atoms with Crippen molar-refractivity contribution in [3.63, 3.8) is 0 Å². The van der Waals surface area contributed by atoms with Crippen LogP contribution in [0.2, 0.25) is 0 Å². The van der Waals surface area contributed by atoms with Gasteiger partial charge in [0.15, 0.2) is 0 Å². The summed E-state index contributed by atoms with van der Waals surface area (Å²) in [7, 11) is 4.18. The van der Waals surface area contributed by atoms with E-state index in [4.69, 9.17) is 4.74 Å². The number of hydrogen-bond donors (Lipinski definition) is 0. The third-order valence-corrected chi connectivity index (χ3v) is 4.49. The molecular formula is C23H25NO2. The van der Waals surface area contributed by atoms with Crippen LogP contribution < -0.4 is 0 Å². The fourth-order valence-corrected chi connectivity index (χ4v) is 3.23. The van der Waals surface area contributed by atoms with Crippen LogP contribution in [0.25, 0.3) is 21.5 Å². The van der Waals surface area contributed by atoms with Gasteiger partial charge in [0.25, 0.3) is 0 Å². The lowest BCUT2D eigenvalue weighted by Gasteiger charge is -2.16. The molecule has 3 aromatic carbocycles. The predicted molar refractivity (Wildman–Crippen MR) is 108 cm³/mol. The summed E-state index contributed by atoms with van der Waals surface area (Å²) < 4.78 is 5.24. The first kappa shape index (κ1) is 18.2. The van der Waals surface area contributed by atoms with Gasteiger partial charge in [-0.2, -0.15) is 0 Å². The van der Waals surface area contributed by atoms with Crippen molar-refractivity contribution in [2.24, 2.45) is 0 Å². The highest BCUT2D eigenvalue weighted by atomic mass is 16.5. The molecule has 0 saturated carbocycles. The molecule has 0 fully saturated rings. The molecule has 134 valence electrons. The maximum Gasteiger partial charge on any atom is 0.333 e. The summed E-state index contributed by atoms with van der Waals surface area (Å²) in [5, 5.41) is 5.06. The van der Waals surface area contributed by atoms with E-state index in [-0.39, 0.29) is 5.97 Å². The van der Waals surface area contributed by atoms with Gasteiger partial charge in [-0.1, -0.05) is 49.0 Å². The van der Waals surface area contributed by atoms with Crippen LogP contribution in [-0.4, -0.2) is 31.6 Å². The fraction of sp³-hybridized carbons (Fsp3) is 0.261. The molecule has 0 atom stereocenters. The monoisotopic (exact) mass is 347 g/mol. The summed E-state index contributed by atoms with van der Waals surface area (Å²) in [6.45, 7) is 6.52. The average Bonchev–Trinajstić information content (AvgIpc) is 2.61. The van der Waals surface area contributed by atoms with Gasteiger partial charge in [0.1, 0.15) is 0 Å². The first-order valence-electron chi connectivity index (χ1n) is 8.86. The van der Waals surface area contributed by atoms with Gasteiger partial charge in [-0.25, -0.2) is 4.79 Å². The lowest BCUT2D eigenvalue weighted by molar-refractivity contribution is -0.138. The van der Waals surface area contributed by atoms with E-state index < -0.39 is 0 Å². The lowest BCUT2D eigenvalue weighted by Crippen LogP contribution is -2.11. The van der Waals surface area contributed by atoms with Crippen molar-refractivity contribution in [1.29, 1.82) is 0 Å². The van der Waals surface area contributed by atoms with Crippen LogP contribution in [0.4, 0.5) is 0 Å². The molecule has 3 nitrogen and oxygen atoms in total. The normalized spacial score (nSPS) is 11.2. The number of carbonyl (C=O) groups is 1. The predicted octanol–water partition coefficient (Wildman–Crippen LogP) is 4.72. The lowest BCUT2D eigenvalue weighted by atomic mass is 9.94. The van der Waals surface area contributed by atoms with Gasteiger partial charge in [0.2, 0.25) is 0 Å². The van der Waals surface area contributed by atoms with Gasteiger partial charge in [0, 0.05) is 18.5 Å². The van der Waals surface area contributed by atoms with Crippen molar-refractivity contribution < 1.29 is 9.53 Å². The molecule has 0 unspecified atom stereocenters. The zero-order valence-corrected chi connectivity index (χ0v) is 15.7. The third-order valence-electron chi connectivity index (χ3n) is 4.49. The van der Waals surface area contributed by atoms with Crippen LogP contribution in [-0.2, 0) is 22.5 Å². The minimum absolute atomic E-state index is 0.329. The molecule has 0 aliphatic rings. The molecule has 0 amide bonds. The summed E-state index contributed by atoms with van der Waals surface area (Å²) in [5.74, 6) is -0.329. The average molecular weight is 347 g/mol. The van der Waals surface area contributed by atoms with Crippen molar-refractivity contribution in [2.75, 3.05) is 20.7 Å². The van der Waals surface area contributed by atoms with Gasteiger partial charge >= 0.3 is 5.97 Å². The Hall–Kier alpha value is -2.65. The second kappa shape index (κ2) is 7.71. The number of esters is 1. The van der Waals surface area contributed by atoms with E-state index in [1.165, 1.54) is 32.7 Å². The first-order chi connectivity index (χ1) is 12.5. The molecule has 0 aromatic heterocycles. The summed E-state index contributed by atoms with van der Waals surface area (Å²) in [4.78, 5) is 13.7. The van der Waals surface area contributed by atoms with E-state index >= 15 is 0 Å². The van der Waals surface area contributed by atoms with Crippen LogP contribution in [0, 0.1) is 0 Å². The number of nitrogens with zero attached hydrogens (tertiary/aromatic N) is 1. The van der Waals surface area contributed by atoms with Gasteiger partial charge < -0.3 is 9.64 Å². The van der Waals surface area contributed by atoms with Crippen molar-refractivity contribution >= 4 is 27.5 Å². The highest BCUT2D eigenvalue weighted by Gasteiger charge is 2.10. The second-order valence-corrected chi connectivity index (χ2v) is 7.04. The summed E-state index contributed by atoms with van der Waals surface area (Å²) >= 11 is 0. The van der Waals surface area contributed by atoms with Crippen molar-refractivity contribution in [1.82, 2.24) is 4.90 Å². The van der Waals surface area contributed by atoms with Crippen LogP contribution in [0.15, 0.2) is 60.7 Å². The van der Waals surface area contributed by atoms with Crippen molar-refractivity contribution in [3.05, 3.63) is 71.8 Å². The Balaban J connectivity index is 1.98. The maximum atomic E-state index is 11.5. The number of carbonyl (C=O) groups excluding carboxylic acids is 1. The molecule has 3 aromatic rings. The molecule has 0 aliphatic heterocycles. The topological polar surface area (TPSA) is 29.5 Å². The first-order valence-corrected chi connectivity index (χ1v) is 8.86. The summed E-state index contributed by atoms with van der Waals surface area (Å²) in [6.07, 6.45) is 0.698. The largest absolute Gasteiger partial charge is 0.462 e. The Bertz CT molecular complexity index is 973. The third kappa shape index (κ3) is 3.94. The Morgan fingerprint density at radius 3 is 2.50 bits per heavy atom. The molecule has 26 heavy (non-hydrogen) atoms. The zero-order valence-electron chi connectivity index (χ0n) is 15.7. The Kier molecular flexibility index (Phi) is 5.38. The molecule has 0 heterocycles. The Morgan fingerprint density at radius 2 is 1.77 bits per heavy atom. The number of ether oxygens (including phenoxy) is 1. The van der Waals surface area contributed by atoms with E-state index in [0.717, 1.165) is 6.54 Å². The van der Waals surface area contributed by atoms with E-state index in [2.05, 4.69) is 74.1 Å². The SMILES string of the molecule is C=C(C)C(=O)OCCc1ccc2cc3ccccc3c(CN(C)C)c2c1. The number of hydrogen-bond acceptors (Lipinski definition) is 3. The van der Waals surface area contributed by atoms with E-state index in [9.17, 15) is 4.79 Å². The molecule has 3 rings (SSSR count). The van der Waals surface area contributed by atoms with Crippen molar-refractivity contribution in [2.45, 2.75) is 19.9 Å². The standard InChI is InChI=1S/C23H25NO2/c1-16(2)23(25)26-12-11-17-9-10-19-14-18-7-5-6-8-20(18)22(15-24(3)4)21(19)13-17/h5-10,13-14H,1,11-12,15H2,2-4H3. The molecule has 0 N–H and O–H groups in total. The zero-order chi connectivity index (χ0) is 18.7. The molecule has 0 spiro atoms. The smallest absolute Gasteiger partial charge is 0.333 e. The second-order valence-electron chi connectivity index (χ2n) is 7.04. The van der Waals surface area contributed by atoms with Gasteiger partial charge in [-0.3, -0.25) is 0 Å². The molecule has 3 heteroatoms. The molecule has 0 aliphatic carbocycles. The molecule has 0 saturated heterocycles. The molecule has 0 radical (unpaired) electrons. The van der Waals surface area contributed by atoms with Crippen LogP contribution in [0.3, 0.4) is 0 Å². The summed E-state index contributed by atoms with van der Waals surface area (Å²) in [5.41, 5.74) is 2.94. The number of fused-ring (bicyclic) bond motifs is 2. The van der Waals surface area contributed by atoms with Gasteiger partial charge in [-0.05, 0) is 59.8 Å². The van der Waals surface area contributed by atoms with Crippen LogP contribution >= 0.6 is 0 Å². The minimum atomic E-state index is -0.329. The molecular weight excluding hydrogens is 322 g/mol. The number of benzene rings is 3. The highest BCUT2D eigenvalue weighted by Crippen LogP contribution is 2.30. The van der Waals surface area contributed by atoms with Crippen molar-refractivity contribution in [3.8, 4) is 0 Å². The van der Waals surface area contributed by atoms with E-state index in [1.807, 2.05) is 0 Å². The van der Waals surface area contributed by atoms with E-state index in [1.54, 1.807) is 6.92 Å². The minimum Gasteiger partial charge on any atom is -0.462 e. The molecule has 0 bridgehead atoms. The quantitative estimate of drug-likeness (QED) is 0.367. The maximum absolute atomic E-state index is 11.5. The number of rotatable bonds is 6. The summed E-state index contributed by atoms with van der Waals surface area (Å²) in [6, 6.07) is 17.3. The van der Waals surface area contributed by atoms with Crippen LogP contribution in [0.5, 0.6) is 0 Å². The Morgan fingerprint density at radius 1 is 1.04 bits per heavy atom. The van der Waals surface area contributed by atoms with Gasteiger partial charge in [0.05, 0.1) is 6.61 Å². The highest BCUT2D eigenvalue weighted by molar-refractivity contribution is 6.02. The van der Waals surface area contributed by atoms with E-state index in [0.29, 0.717) is 18.6 Å². The van der Waals surface area contributed by atoms with Gasteiger partial charge in [-0.15, -0.1) is 0 Å². The fourth-order valence-electron chi connectivity index (χ4n) is 3.23.